The third-order valence-corrected chi connectivity index (χ3v) is 7.97. The molecule has 3 atom stereocenters. The number of halogens is 2. The minimum Gasteiger partial charge on any atom is -0.494 e. The third-order valence-electron chi connectivity index (χ3n) is 7.97. The number of benzene rings is 2. The molecular weight excluding hydrogens is 550 g/mol. The van der Waals surface area contributed by atoms with Crippen LogP contribution in [0.1, 0.15) is 47.1 Å². The number of piperazine rings is 1. The first-order chi connectivity index (χ1) is 20.1. The molecule has 42 heavy (non-hydrogen) atoms. The number of amides is 4. The van der Waals surface area contributed by atoms with Crippen LogP contribution < -0.4 is 15.4 Å². The molecule has 0 aromatic heterocycles. The SMILES string of the molecule is CCN1CCN(C(N=O)c2ccc(C#C[C@]3(CN4Cc5ccc(OC)c(F)c5C4=O)NC(=O)NC3=O)cc2F)[C@@H](C)C1. The van der Waals surface area contributed by atoms with Crippen molar-refractivity contribution in [3.05, 3.63) is 69.1 Å². The van der Waals surface area contributed by atoms with E-state index < -0.39 is 41.2 Å². The standard InChI is InChI=1S/C29H30F2N6O5/c1-4-35-11-12-37(17(2)14-35)25(34-41)20-7-5-18(13-21(20)30)9-10-29(27(39)32-28(40)33-29)16-36-15-19-6-8-22(42-3)24(31)23(19)26(36)38/h5-8,13,17,25H,4,11-12,14-16H2,1-3H3,(H2,32,33,39,40)/t17-,25?,29+/m0/s1. The molecule has 2 N–H and O–H groups in total. The zero-order valence-corrected chi connectivity index (χ0v) is 23.4. The predicted molar refractivity (Wildman–Crippen MR) is 147 cm³/mol. The largest absolute Gasteiger partial charge is 0.494 e. The Morgan fingerprint density at radius 2 is 1.98 bits per heavy atom. The second-order valence-electron chi connectivity index (χ2n) is 10.5. The van der Waals surface area contributed by atoms with Gasteiger partial charge in [0, 0.05) is 43.3 Å². The molecule has 4 amide bonds. The summed E-state index contributed by atoms with van der Waals surface area (Å²) >= 11 is 0. The molecule has 1 unspecified atom stereocenters. The molecule has 0 spiro atoms. The maximum absolute atomic E-state index is 15.3. The first kappa shape index (κ1) is 29.1. The fourth-order valence-electron chi connectivity index (χ4n) is 5.68. The zero-order chi connectivity index (χ0) is 30.2. The number of likely N-dealkylation sites (N-methyl/N-ethyl adjacent to an activating group) is 1. The van der Waals surface area contributed by atoms with Crippen molar-refractivity contribution in [1.82, 2.24) is 25.3 Å². The van der Waals surface area contributed by atoms with E-state index in [0.717, 1.165) is 25.7 Å². The lowest BCUT2D eigenvalue weighted by molar-refractivity contribution is -0.122. The van der Waals surface area contributed by atoms with Crippen LogP contribution in [-0.2, 0) is 11.3 Å². The number of methoxy groups -OCH3 is 1. The molecule has 0 radical (unpaired) electrons. The number of imide groups is 1. The fraction of sp³-hybridized carbons (Fsp3) is 0.414. The van der Waals surface area contributed by atoms with Crippen LogP contribution in [0.4, 0.5) is 13.6 Å². The molecule has 13 heteroatoms. The Balaban J connectivity index is 1.40. The van der Waals surface area contributed by atoms with E-state index in [9.17, 15) is 23.7 Å². The highest BCUT2D eigenvalue weighted by Crippen LogP contribution is 2.32. The molecule has 2 aromatic carbocycles. The molecule has 0 saturated carbocycles. The van der Waals surface area contributed by atoms with Crippen LogP contribution in [-0.4, -0.2) is 84.0 Å². The van der Waals surface area contributed by atoms with Crippen LogP contribution in [0.3, 0.4) is 0 Å². The summed E-state index contributed by atoms with van der Waals surface area (Å²) in [4.78, 5) is 55.2. The summed E-state index contributed by atoms with van der Waals surface area (Å²) in [6.45, 7) is 6.52. The van der Waals surface area contributed by atoms with Gasteiger partial charge in [-0.2, -0.15) is 0 Å². The molecule has 220 valence electrons. The van der Waals surface area contributed by atoms with E-state index in [1.165, 1.54) is 30.2 Å². The molecule has 0 bridgehead atoms. The lowest BCUT2D eigenvalue weighted by Crippen LogP contribution is -2.54. The van der Waals surface area contributed by atoms with Crippen molar-refractivity contribution in [1.29, 1.82) is 0 Å². The van der Waals surface area contributed by atoms with Crippen molar-refractivity contribution >= 4 is 17.8 Å². The number of hydrogen-bond donors (Lipinski definition) is 2. The van der Waals surface area contributed by atoms with Crippen LogP contribution in [0.5, 0.6) is 5.75 Å². The lowest BCUT2D eigenvalue weighted by Gasteiger charge is -2.41. The van der Waals surface area contributed by atoms with Gasteiger partial charge in [0.05, 0.1) is 19.2 Å². The molecule has 5 rings (SSSR count). The van der Waals surface area contributed by atoms with E-state index >= 15 is 4.39 Å². The van der Waals surface area contributed by atoms with Crippen molar-refractivity contribution in [2.75, 3.05) is 39.8 Å². The van der Waals surface area contributed by atoms with Crippen LogP contribution in [0.2, 0.25) is 0 Å². The number of nitroso groups, excluding NO2 is 1. The summed E-state index contributed by atoms with van der Waals surface area (Å²) in [5.74, 6) is 2.32. The molecule has 2 fully saturated rings. The number of ether oxygens (including phenoxy) is 1. The maximum Gasteiger partial charge on any atom is 0.323 e. The molecule has 2 aromatic rings. The number of urea groups is 1. The molecule has 3 aliphatic heterocycles. The molecule has 3 aliphatic rings. The van der Waals surface area contributed by atoms with Gasteiger partial charge in [-0.05, 0) is 42.4 Å². The van der Waals surface area contributed by atoms with E-state index in [2.05, 4.69) is 39.5 Å². The minimum absolute atomic E-state index is 0.0152. The van der Waals surface area contributed by atoms with Crippen LogP contribution in [0, 0.1) is 28.4 Å². The van der Waals surface area contributed by atoms with Gasteiger partial charge in [0.2, 0.25) is 5.54 Å². The second kappa shape index (κ2) is 11.5. The summed E-state index contributed by atoms with van der Waals surface area (Å²) in [6.07, 6.45) is -1.02. The molecular formula is C29H30F2N6O5. The predicted octanol–water partition coefficient (Wildman–Crippen LogP) is 2.35. The Morgan fingerprint density at radius 1 is 1.19 bits per heavy atom. The number of rotatable bonds is 7. The van der Waals surface area contributed by atoms with E-state index in [1.54, 1.807) is 6.07 Å². The van der Waals surface area contributed by atoms with Crippen molar-refractivity contribution in [3.8, 4) is 17.6 Å². The first-order valence-electron chi connectivity index (χ1n) is 13.5. The van der Waals surface area contributed by atoms with Crippen LogP contribution in [0.15, 0.2) is 35.5 Å². The molecule has 2 saturated heterocycles. The van der Waals surface area contributed by atoms with E-state index in [0.29, 0.717) is 12.1 Å². The number of nitrogens with one attached hydrogen (secondary N) is 2. The number of carbonyl (C=O) groups excluding carboxylic acids is 3. The molecule has 3 heterocycles. The number of hydrogen-bond acceptors (Lipinski definition) is 8. The quantitative estimate of drug-likeness (QED) is 0.293. The number of fused-ring (bicyclic) bond motifs is 1. The van der Waals surface area contributed by atoms with E-state index in [1.807, 2.05) is 11.8 Å². The molecule has 0 aliphatic carbocycles. The lowest BCUT2D eigenvalue weighted by atomic mass is 9.98. The Hall–Kier alpha value is -4.41. The third kappa shape index (κ3) is 5.19. The van der Waals surface area contributed by atoms with Gasteiger partial charge < -0.3 is 19.9 Å². The van der Waals surface area contributed by atoms with Gasteiger partial charge >= 0.3 is 6.03 Å². The average molecular weight is 581 g/mol. The van der Waals surface area contributed by atoms with Crippen molar-refractivity contribution in [2.24, 2.45) is 5.18 Å². The second-order valence-corrected chi connectivity index (χ2v) is 10.5. The van der Waals surface area contributed by atoms with Crippen LogP contribution in [0.25, 0.3) is 0 Å². The monoisotopic (exact) mass is 580 g/mol. The maximum atomic E-state index is 15.3. The van der Waals surface area contributed by atoms with Crippen molar-refractivity contribution in [2.45, 2.75) is 38.1 Å². The van der Waals surface area contributed by atoms with Crippen LogP contribution >= 0.6 is 0 Å². The Kier molecular flexibility index (Phi) is 7.94. The van der Waals surface area contributed by atoms with Crippen molar-refractivity contribution in [3.63, 3.8) is 0 Å². The van der Waals surface area contributed by atoms with E-state index in [-0.39, 0.29) is 41.6 Å². The number of nitrogens with zero attached hydrogens (tertiary/aromatic N) is 4. The average Bonchev–Trinajstić information content (AvgIpc) is 3.43. The first-order valence-corrected chi connectivity index (χ1v) is 13.5. The highest BCUT2D eigenvalue weighted by molar-refractivity contribution is 6.10. The smallest absolute Gasteiger partial charge is 0.323 e. The highest BCUT2D eigenvalue weighted by atomic mass is 19.1. The summed E-state index contributed by atoms with van der Waals surface area (Å²) in [5, 5.41) is 7.80. The van der Waals surface area contributed by atoms with Gasteiger partial charge in [-0.1, -0.05) is 30.9 Å². The highest BCUT2D eigenvalue weighted by Gasteiger charge is 2.49. The topological polar surface area (TPSA) is 124 Å². The van der Waals surface area contributed by atoms with Gasteiger partial charge in [0.25, 0.3) is 11.8 Å². The zero-order valence-electron chi connectivity index (χ0n) is 23.4. The minimum atomic E-state index is -1.87. The normalized spacial score (nSPS) is 23.1. The van der Waals surface area contributed by atoms with Gasteiger partial charge in [0.1, 0.15) is 5.82 Å². The van der Waals surface area contributed by atoms with Crippen molar-refractivity contribution < 1.29 is 27.9 Å². The van der Waals surface area contributed by atoms with Gasteiger partial charge in [-0.3, -0.25) is 19.8 Å². The Morgan fingerprint density at radius 3 is 2.60 bits per heavy atom. The van der Waals surface area contributed by atoms with E-state index in [4.69, 9.17) is 4.74 Å². The summed E-state index contributed by atoms with van der Waals surface area (Å²) in [5.41, 5.74) is -1.38. The summed E-state index contributed by atoms with van der Waals surface area (Å²) < 4.78 is 35.1. The fourth-order valence-corrected chi connectivity index (χ4v) is 5.68. The molecule has 11 nitrogen and oxygen atoms in total. The Labute approximate surface area is 241 Å². The van der Waals surface area contributed by atoms with Gasteiger partial charge in [-0.25, -0.2) is 13.6 Å². The van der Waals surface area contributed by atoms with Gasteiger partial charge in [-0.15, -0.1) is 4.91 Å². The summed E-state index contributed by atoms with van der Waals surface area (Å²) in [6, 6.07) is 6.19. The Bertz CT molecular complexity index is 1520. The number of carbonyl (C=O) groups is 3. The van der Waals surface area contributed by atoms with Gasteiger partial charge in [0.15, 0.2) is 17.7 Å². The summed E-state index contributed by atoms with van der Waals surface area (Å²) in [7, 11) is 1.28.